The van der Waals surface area contributed by atoms with Gasteiger partial charge in [-0.2, -0.15) is 0 Å². The third-order valence-corrected chi connectivity index (χ3v) is 2.94. The molecule has 1 nitrogen and oxygen atoms in total. The van der Waals surface area contributed by atoms with Crippen molar-refractivity contribution in [3.63, 3.8) is 0 Å². The van der Waals surface area contributed by atoms with Gasteiger partial charge < -0.3 is 5.11 Å². The summed E-state index contributed by atoms with van der Waals surface area (Å²) < 4.78 is 0. The maximum atomic E-state index is 9.00. The highest BCUT2D eigenvalue weighted by molar-refractivity contribution is 4.84. The normalized spacial score (nSPS) is 43.7. The maximum Gasteiger partial charge on any atom is 0.0487 e. The van der Waals surface area contributed by atoms with Gasteiger partial charge in [0, 0.05) is 6.61 Å². The van der Waals surface area contributed by atoms with Gasteiger partial charge in [0.05, 0.1) is 0 Å². The first-order valence-electron chi connectivity index (χ1n) is 3.80. The second kappa shape index (κ2) is 2.30. The number of aliphatic hydroxyl groups is 1. The van der Waals surface area contributed by atoms with Crippen molar-refractivity contribution in [2.45, 2.75) is 33.1 Å². The van der Waals surface area contributed by atoms with Gasteiger partial charge in [0.15, 0.2) is 0 Å². The predicted octanol–water partition coefficient (Wildman–Crippen LogP) is 1.81. The highest BCUT2D eigenvalue weighted by Gasteiger charge is 2.34. The Morgan fingerprint density at radius 2 is 2.33 bits per heavy atom. The summed E-state index contributed by atoms with van der Waals surface area (Å²) in [5.74, 6) is 0.725. The largest absolute Gasteiger partial charge is 0.396 e. The van der Waals surface area contributed by atoms with Crippen molar-refractivity contribution in [1.29, 1.82) is 0 Å². The van der Waals surface area contributed by atoms with Crippen LogP contribution in [0, 0.1) is 11.3 Å². The van der Waals surface area contributed by atoms with Crippen LogP contribution < -0.4 is 0 Å². The SMILES string of the molecule is C[C@@H]1CCC[C@@]1(C)CO. The lowest BCUT2D eigenvalue weighted by Crippen LogP contribution is -2.23. The van der Waals surface area contributed by atoms with E-state index in [1.54, 1.807) is 0 Å². The van der Waals surface area contributed by atoms with Crippen molar-refractivity contribution in [1.82, 2.24) is 0 Å². The first-order valence-corrected chi connectivity index (χ1v) is 3.80. The first kappa shape index (κ1) is 7.07. The standard InChI is InChI=1S/C8H16O/c1-7-4-3-5-8(7,2)6-9/h7,9H,3-6H2,1-2H3/t7-,8+/m1/s1. The number of hydrogen-bond donors (Lipinski definition) is 1. The molecule has 0 amide bonds. The fourth-order valence-electron chi connectivity index (χ4n) is 1.64. The van der Waals surface area contributed by atoms with E-state index >= 15 is 0 Å². The van der Waals surface area contributed by atoms with Gasteiger partial charge in [-0.05, 0) is 17.8 Å². The Kier molecular flexibility index (Phi) is 1.80. The summed E-state index contributed by atoms with van der Waals surface area (Å²) in [6, 6.07) is 0. The minimum Gasteiger partial charge on any atom is -0.396 e. The molecule has 0 unspecified atom stereocenters. The number of aliphatic hydroxyl groups excluding tert-OH is 1. The zero-order valence-corrected chi connectivity index (χ0v) is 6.35. The molecule has 1 N–H and O–H groups in total. The number of hydrogen-bond acceptors (Lipinski definition) is 1. The zero-order chi connectivity index (χ0) is 6.91. The van der Waals surface area contributed by atoms with E-state index in [1.807, 2.05) is 0 Å². The molecule has 0 aromatic carbocycles. The van der Waals surface area contributed by atoms with Crippen LogP contribution in [0.1, 0.15) is 33.1 Å². The highest BCUT2D eigenvalue weighted by atomic mass is 16.3. The molecule has 1 rings (SSSR count). The molecule has 2 atom stereocenters. The summed E-state index contributed by atoms with van der Waals surface area (Å²) >= 11 is 0. The minimum absolute atomic E-state index is 0.250. The topological polar surface area (TPSA) is 20.2 Å². The van der Waals surface area contributed by atoms with Crippen molar-refractivity contribution < 1.29 is 5.11 Å². The molecule has 1 aliphatic rings. The summed E-state index contributed by atoms with van der Waals surface area (Å²) in [6.45, 7) is 4.79. The first-order chi connectivity index (χ1) is 4.19. The Morgan fingerprint density at radius 3 is 2.56 bits per heavy atom. The molecule has 0 aromatic rings. The monoisotopic (exact) mass is 128 g/mol. The zero-order valence-electron chi connectivity index (χ0n) is 6.35. The van der Waals surface area contributed by atoms with Crippen molar-refractivity contribution >= 4 is 0 Å². The van der Waals surface area contributed by atoms with Crippen LogP contribution >= 0.6 is 0 Å². The van der Waals surface area contributed by atoms with Gasteiger partial charge in [0.2, 0.25) is 0 Å². The van der Waals surface area contributed by atoms with E-state index in [0.29, 0.717) is 6.61 Å². The van der Waals surface area contributed by atoms with Gasteiger partial charge in [-0.25, -0.2) is 0 Å². The van der Waals surface area contributed by atoms with Crippen LogP contribution in [0.5, 0.6) is 0 Å². The molecule has 0 heterocycles. The second-order valence-corrected chi connectivity index (χ2v) is 3.61. The Hall–Kier alpha value is -0.0400. The minimum atomic E-state index is 0.250. The fourth-order valence-corrected chi connectivity index (χ4v) is 1.64. The average Bonchev–Trinajstić information content (AvgIpc) is 2.15. The molecular formula is C8H16O. The molecular weight excluding hydrogens is 112 g/mol. The summed E-state index contributed by atoms with van der Waals surface area (Å²) in [4.78, 5) is 0. The molecule has 0 spiro atoms. The van der Waals surface area contributed by atoms with Crippen LogP contribution in [0.2, 0.25) is 0 Å². The van der Waals surface area contributed by atoms with E-state index in [9.17, 15) is 0 Å². The average molecular weight is 128 g/mol. The van der Waals surface area contributed by atoms with Gasteiger partial charge in [-0.1, -0.05) is 26.7 Å². The predicted molar refractivity (Wildman–Crippen MR) is 38.2 cm³/mol. The van der Waals surface area contributed by atoms with E-state index < -0.39 is 0 Å². The Bertz CT molecular complexity index is 101. The van der Waals surface area contributed by atoms with E-state index in [-0.39, 0.29) is 5.41 Å². The molecule has 1 aliphatic carbocycles. The van der Waals surface area contributed by atoms with E-state index in [4.69, 9.17) is 5.11 Å². The van der Waals surface area contributed by atoms with Crippen molar-refractivity contribution in [2.75, 3.05) is 6.61 Å². The third-order valence-electron chi connectivity index (χ3n) is 2.94. The van der Waals surface area contributed by atoms with E-state index in [1.165, 1.54) is 19.3 Å². The highest BCUT2D eigenvalue weighted by Crippen LogP contribution is 2.41. The van der Waals surface area contributed by atoms with Crippen LogP contribution in [0.3, 0.4) is 0 Å². The van der Waals surface area contributed by atoms with Gasteiger partial charge >= 0.3 is 0 Å². The van der Waals surface area contributed by atoms with Crippen LogP contribution in [0.4, 0.5) is 0 Å². The lowest BCUT2D eigenvalue weighted by atomic mass is 9.82. The van der Waals surface area contributed by atoms with Crippen molar-refractivity contribution in [3.8, 4) is 0 Å². The summed E-state index contributed by atoms with van der Waals surface area (Å²) in [5, 5.41) is 9.00. The lowest BCUT2D eigenvalue weighted by Gasteiger charge is -2.25. The van der Waals surface area contributed by atoms with Crippen LogP contribution in [-0.2, 0) is 0 Å². The molecule has 0 aromatic heterocycles. The second-order valence-electron chi connectivity index (χ2n) is 3.61. The Morgan fingerprint density at radius 1 is 1.67 bits per heavy atom. The summed E-state index contributed by atoms with van der Waals surface area (Å²) in [5.41, 5.74) is 0.250. The van der Waals surface area contributed by atoms with E-state index in [0.717, 1.165) is 5.92 Å². The smallest absolute Gasteiger partial charge is 0.0487 e. The third kappa shape index (κ3) is 1.11. The van der Waals surface area contributed by atoms with Crippen molar-refractivity contribution in [2.24, 2.45) is 11.3 Å². The number of rotatable bonds is 1. The van der Waals surface area contributed by atoms with E-state index in [2.05, 4.69) is 13.8 Å². The van der Waals surface area contributed by atoms with Gasteiger partial charge in [0.25, 0.3) is 0 Å². The molecule has 0 bridgehead atoms. The summed E-state index contributed by atoms with van der Waals surface area (Å²) in [7, 11) is 0. The molecule has 0 radical (unpaired) electrons. The Labute approximate surface area is 57.1 Å². The fraction of sp³-hybridized carbons (Fsp3) is 1.00. The quantitative estimate of drug-likeness (QED) is 0.571. The van der Waals surface area contributed by atoms with Crippen LogP contribution in [0.15, 0.2) is 0 Å². The van der Waals surface area contributed by atoms with Crippen LogP contribution in [-0.4, -0.2) is 11.7 Å². The molecule has 1 saturated carbocycles. The van der Waals surface area contributed by atoms with Crippen LogP contribution in [0.25, 0.3) is 0 Å². The van der Waals surface area contributed by atoms with Gasteiger partial charge in [-0.3, -0.25) is 0 Å². The molecule has 9 heavy (non-hydrogen) atoms. The molecule has 1 fully saturated rings. The van der Waals surface area contributed by atoms with Gasteiger partial charge in [0.1, 0.15) is 0 Å². The molecule has 0 aliphatic heterocycles. The maximum absolute atomic E-state index is 9.00. The Balaban J connectivity index is 2.56. The molecule has 0 saturated heterocycles. The molecule has 1 heteroatoms. The van der Waals surface area contributed by atoms with Crippen molar-refractivity contribution in [3.05, 3.63) is 0 Å². The summed E-state index contributed by atoms with van der Waals surface area (Å²) in [6.07, 6.45) is 3.82. The molecule has 54 valence electrons. The van der Waals surface area contributed by atoms with Gasteiger partial charge in [-0.15, -0.1) is 0 Å². The lowest BCUT2D eigenvalue weighted by molar-refractivity contribution is 0.110.